The summed E-state index contributed by atoms with van der Waals surface area (Å²) in [6.07, 6.45) is 4.71. The molecule has 0 atom stereocenters. The van der Waals surface area contributed by atoms with Gasteiger partial charge in [-0.3, -0.25) is 4.99 Å². The van der Waals surface area contributed by atoms with Gasteiger partial charge < -0.3 is 15.7 Å². The van der Waals surface area contributed by atoms with Crippen molar-refractivity contribution in [3.05, 3.63) is 35.6 Å². The van der Waals surface area contributed by atoms with Crippen molar-refractivity contribution in [1.29, 1.82) is 0 Å². The molecule has 0 aliphatic heterocycles. The van der Waals surface area contributed by atoms with E-state index < -0.39 is 5.60 Å². The van der Waals surface area contributed by atoms with Crippen LogP contribution in [-0.2, 0) is 5.41 Å². The highest BCUT2D eigenvalue weighted by Gasteiger charge is 2.45. The van der Waals surface area contributed by atoms with E-state index in [1.807, 2.05) is 19.1 Å². The molecular formula is C18H26FN3O. The van der Waals surface area contributed by atoms with Gasteiger partial charge in [0.1, 0.15) is 5.82 Å². The zero-order valence-corrected chi connectivity index (χ0v) is 13.7. The molecule has 1 aromatic rings. The summed E-state index contributed by atoms with van der Waals surface area (Å²) in [4.78, 5) is 4.50. The van der Waals surface area contributed by atoms with Crippen LogP contribution in [-0.4, -0.2) is 36.3 Å². The predicted octanol–water partition coefficient (Wildman–Crippen LogP) is 2.33. The van der Waals surface area contributed by atoms with Crippen LogP contribution < -0.4 is 10.6 Å². The smallest absolute Gasteiger partial charge is 0.191 e. The first-order chi connectivity index (χ1) is 11.1. The average molecular weight is 319 g/mol. The van der Waals surface area contributed by atoms with E-state index in [1.54, 1.807) is 6.07 Å². The molecule has 0 amide bonds. The number of hydrogen-bond donors (Lipinski definition) is 3. The maximum atomic E-state index is 14.0. The molecule has 0 spiro atoms. The lowest BCUT2D eigenvalue weighted by molar-refractivity contribution is -0.0236. The molecule has 1 aromatic carbocycles. The van der Waals surface area contributed by atoms with Gasteiger partial charge >= 0.3 is 0 Å². The van der Waals surface area contributed by atoms with Gasteiger partial charge in [-0.15, -0.1) is 0 Å². The first kappa shape index (κ1) is 16.2. The van der Waals surface area contributed by atoms with Crippen LogP contribution in [0, 0.1) is 5.82 Å². The minimum atomic E-state index is -0.620. The van der Waals surface area contributed by atoms with Crippen molar-refractivity contribution in [3.63, 3.8) is 0 Å². The summed E-state index contributed by atoms with van der Waals surface area (Å²) >= 11 is 0. The number of guanidine groups is 1. The number of halogens is 1. The topological polar surface area (TPSA) is 56.7 Å². The largest absolute Gasteiger partial charge is 0.388 e. The van der Waals surface area contributed by atoms with E-state index in [0.717, 1.165) is 44.2 Å². The van der Waals surface area contributed by atoms with Crippen LogP contribution in [0.25, 0.3) is 0 Å². The second kappa shape index (κ2) is 6.48. The Morgan fingerprint density at radius 1 is 1.22 bits per heavy atom. The number of nitrogens with zero attached hydrogens (tertiary/aromatic N) is 1. The zero-order valence-electron chi connectivity index (χ0n) is 13.7. The van der Waals surface area contributed by atoms with Gasteiger partial charge in [0.2, 0.25) is 0 Å². The quantitative estimate of drug-likeness (QED) is 0.557. The highest BCUT2D eigenvalue weighted by molar-refractivity contribution is 5.80. The molecule has 0 unspecified atom stereocenters. The van der Waals surface area contributed by atoms with E-state index in [0.29, 0.717) is 19.0 Å². The van der Waals surface area contributed by atoms with E-state index in [2.05, 4.69) is 15.6 Å². The van der Waals surface area contributed by atoms with Crippen LogP contribution in [0.1, 0.15) is 44.6 Å². The molecule has 4 nitrogen and oxygen atoms in total. The van der Waals surface area contributed by atoms with Gasteiger partial charge in [-0.05, 0) is 50.7 Å². The van der Waals surface area contributed by atoms with Crippen LogP contribution >= 0.6 is 0 Å². The van der Waals surface area contributed by atoms with Crippen LogP contribution in [0.2, 0.25) is 0 Å². The number of aliphatic imine (C=N–C) groups is 1. The molecule has 0 bridgehead atoms. The molecule has 3 N–H and O–H groups in total. The molecule has 126 valence electrons. The number of rotatable bonds is 6. The first-order valence-corrected chi connectivity index (χ1v) is 8.57. The Hall–Kier alpha value is -1.62. The Morgan fingerprint density at radius 3 is 2.52 bits per heavy atom. The molecule has 0 radical (unpaired) electrons. The zero-order chi connectivity index (χ0) is 16.3. The van der Waals surface area contributed by atoms with E-state index in [9.17, 15) is 9.50 Å². The van der Waals surface area contributed by atoms with Crippen LogP contribution in [0.4, 0.5) is 4.39 Å². The number of hydrogen-bond acceptors (Lipinski definition) is 2. The fourth-order valence-corrected chi connectivity index (χ4v) is 3.15. The fraction of sp³-hybridized carbons (Fsp3) is 0.611. The highest BCUT2D eigenvalue weighted by Crippen LogP contribution is 2.48. The minimum absolute atomic E-state index is 0.116. The van der Waals surface area contributed by atoms with Gasteiger partial charge in [0.25, 0.3) is 0 Å². The fourth-order valence-electron chi connectivity index (χ4n) is 3.15. The average Bonchev–Trinajstić information content (AvgIpc) is 3.29. The van der Waals surface area contributed by atoms with Crippen molar-refractivity contribution >= 4 is 5.96 Å². The van der Waals surface area contributed by atoms with E-state index >= 15 is 0 Å². The summed E-state index contributed by atoms with van der Waals surface area (Å²) in [6.45, 7) is 3.86. The van der Waals surface area contributed by atoms with Crippen molar-refractivity contribution in [2.45, 2.75) is 50.0 Å². The van der Waals surface area contributed by atoms with E-state index in [4.69, 9.17) is 0 Å². The molecule has 3 rings (SSSR count). The Morgan fingerprint density at radius 2 is 1.96 bits per heavy atom. The molecule has 0 heterocycles. The molecule has 2 aliphatic rings. The third kappa shape index (κ3) is 3.66. The van der Waals surface area contributed by atoms with E-state index in [-0.39, 0.29) is 11.2 Å². The molecule has 0 aromatic heterocycles. The third-order valence-electron chi connectivity index (χ3n) is 5.05. The van der Waals surface area contributed by atoms with Gasteiger partial charge in [0.15, 0.2) is 5.96 Å². The number of aliphatic hydroxyl groups is 1. The summed E-state index contributed by atoms with van der Waals surface area (Å²) < 4.78 is 14.0. The van der Waals surface area contributed by atoms with Gasteiger partial charge in [-0.25, -0.2) is 4.39 Å². The second-order valence-electron chi connectivity index (χ2n) is 6.89. The van der Waals surface area contributed by atoms with Gasteiger partial charge in [-0.1, -0.05) is 18.2 Å². The van der Waals surface area contributed by atoms with Crippen LogP contribution in [0.15, 0.2) is 29.3 Å². The molecule has 2 fully saturated rings. The van der Waals surface area contributed by atoms with Crippen molar-refractivity contribution in [1.82, 2.24) is 10.6 Å². The van der Waals surface area contributed by atoms with Crippen molar-refractivity contribution in [3.8, 4) is 0 Å². The van der Waals surface area contributed by atoms with Gasteiger partial charge in [0.05, 0.1) is 12.1 Å². The summed E-state index contributed by atoms with van der Waals surface area (Å²) in [6, 6.07) is 7.03. The summed E-state index contributed by atoms with van der Waals surface area (Å²) in [5, 5.41) is 16.7. The first-order valence-electron chi connectivity index (χ1n) is 8.57. The lowest BCUT2D eigenvalue weighted by Crippen LogP contribution is -2.44. The molecule has 0 saturated heterocycles. The molecule has 23 heavy (non-hydrogen) atoms. The summed E-state index contributed by atoms with van der Waals surface area (Å²) in [5.74, 6) is 0.577. The van der Waals surface area contributed by atoms with Crippen molar-refractivity contribution in [2.75, 3.05) is 19.6 Å². The lowest BCUT2D eigenvalue weighted by Gasteiger charge is -2.35. The monoisotopic (exact) mass is 319 g/mol. The molecule has 5 heteroatoms. The Bertz CT molecular complexity index is 579. The summed E-state index contributed by atoms with van der Waals surface area (Å²) in [7, 11) is 0. The normalized spacial score (nSPS) is 21.4. The van der Waals surface area contributed by atoms with Crippen molar-refractivity contribution in [2.24, 2.45) is 4.99 Å². The maximum Gasteiger partial charge on any atom is 0.191 e. The van der Waals surface area contributed by atoms with E-state index in [1.165, 1.54) is 6.07 Å². The predicted molar refractivity (Wildman–Crippen MR) is 90.1 cm³/mol. The minimum Gasteiger partial charge on any atom is -0.388 e. The van der Waals surface area contributed by atoms with Crippen LogP contribution in [0.3, 0.4) is 0 Å². The maximum absolute atomic E-state index is 14.0. The Balaban J connectivity index is 1.62. The summed E-state index contributed by atoms with van der Waals surface area (Å²) in [5.41, 5.74) is 0.0565. The Labute approximate surface area is 137 Å². The third-order valence-corrected chi connectivity index (χ3v) is 5.05. The SMILES string of the molecule is CCNC(=NCC1(O)CCC1)NCC1(c2ccccc2F)CC1. The second-order valence-corrected chi connectivity index (χ2v) is 6.89. The van der Waals surface area contributed by atoms with Crippen LogP contribution in [0.5, 0.6) is 0 Å². The van der Waals surface area contributed by atoms with Gasteiger partial charge in [0, 0.05) is 18.5 Å². The number of nitrogens with one attached hydrogen (secondary N) is 2. The highest BCUT2D eigenvalue weighted by atomic mass is 19.1. The molecule has 2 aliphatic carbocycles. The Kier molecular flexibility index (Phi) is 4.57. The lowest BCUT2D eigenvalue weighted by atomic mass is 9.80. The standard InChI is InChI=1S/C18H26FN3O/c1-2-20-16(22-13-18(23)8-5-9-18)21-12-17(10-11-17)14-6-3-4-7-15(14)19/h3-4,6-7,23H,2,5,8-13H2,1H3,(H2,20,21,22). The number of benzene rings is 1. The van der Waals surface area contributed by atoms with Crippen molar-refractivity contribution < 1.29 is 9.50 Å². The molecule has 2 saturated carbocycles. The van der Waals surface area contributed by atoms with Gasteiger partial charge in [-0.2, -0.15) is 0 Å². The molecular weight excluding hydrogens is 293 g/mol.